The van der Waals surface area contributed by atoms with E-state index in [1.54, 1.807) is 13.1 Å². The van der Waals surface area contributed by atoms with Crippen molar-refractivity contribution >= 4 is 28.4 Å². The highest BCUT2D eigenvalue weighted by Gasteiger charge is 2.13. The van der Waals surface area contributed by atoms with E-state index < -0.39 is 0 Å². The van der Waals surface area contributed by atoms with Gasteiger partial charge in [0, 0.05) is 42.7 Å². The summed E-state index contributed by atoms with van der Waals surface area (Å²) in [6.07, 6.45) is 5.41. The molecular formula is C20H20ClN7O3. The average molecular weight is 442 g/mol. The Morgan fingerprint density at radius 2 is 2.13 bits per heavy atom. The number of fused-ring (bicyclic) bond motifs is 1. The highest BCUT2D eigenvalue weighted by atomic mass is 35.5. The van der Waals surface area contributed by atoms with E-state index in [0.717, 1.165) is 10.9 Å². The van der Waals surface area contributed by atoms with E-state index in [-0.39, 0.29) is 35.9 Å². The van der Waals surface area contributed by atoms with E-state index in [4.69, 9.17) is 16.1 Å². The normalized spacial score (nSPS) is 11.2. The van der Waals surface area contributed by atoms with Crippen LogP contribution in [0.15, 0.2) is 46.2 Å². The maximum absolute atomic E-state index is 12.6. The van der Waals surface area contributed by atoms with Gasteiger partial charge in [-0.1, -0.05) is 16.8 Å². The summed E-state index contributed by atoms with van der Waals surface area (Å²) in [5, 5.41) is 12.6. The second-order valence-electron chi connectivity index (χ2n) is 6.98. The smallest absolute Gasteiger partial charge is 0.266 e. The predicted molar refractivity (Wildman–Crippen MR) is 114 cm³/mol. The van der Waals surface area contributed by atoms with Crippen molar-refractivity contribution < 1.29 is 9.32 Å². The maximum Gasteiger partial charge on any atom is 0.266 e. The zero-order valence-corrected chi connectivity index (χ0v) is 17.5. The monoisotopic (exact) mass is 441 g/mol. The number of rotatable bonds is 8. The van der Waals surface area contributed by atoms with Gasteiger partial charge in [0.25, 0.3) is 11.4 Å². The number of carbonyl (C=O) groups excluding carboxylic acids is 1. The molecular weight excluding hydrogens is 422 g/mol. The predicted octanol–water partition coefficient (Wildman–Crippen LogP) is 2.20. The molecule has 0 spiro atoms. The molecule has 3 heterocycles. The Bertz CT molecular complexity index is 1280. The lowest BCUT2D eigenvalue weighted by Crippen LogP contribution is -2.29. The second kappa shape index (κ2) is 9.09. The van der Waals surface area contributed by atoms with Gasteiger partial charge < -0.3 is 9.84 Å². The molecule has 11 heteroatoms. The van der Waals surface area contributed by atoms with Crippen LogP contribution < -0.4 is 10.9 Å². The van der Waals surface area contributed by atoms with E-state index in [0.29, 0.717) is 30.4 Å². The van der Waals surface area contributed by atoms with Crippen LogP contribution in [0.5, 0.6) is 0 Å². The van der Waals surface area contributed by atoms with Crippen molar-refractivity contribution in [1.29, 1.82) is 0 Å². The standard InChI is InChI=1S/C20H20ClN7O3/c1-13-25-19(31-26-13)16-11-22-12-27(20(16)30)8-5-18(29)23-6-2-7-28-17-9-15(21)4-3-14(17)10-24-28/h3-4,9-12H,2,5-8H2,1H3,(H,23,29). The van der Waals surface area contributed by atoms with Crippen molar-refractivity contribution in [3.8, 4) is 11.5 Å². The van der Waals surface area contributed by atoms with Crippen LogP contribution >= 0.6 is 11.6 Å². The van der Waals surface area contributed by atoms with Gasteiger partial charge in [-0.15, -0.1) is 0 Å². The van der Waals surface area contributed by atoms with Gasteiger partial charge >= 0.3 is 0 Å². The molecule has 1 amide bonds. The minimum absolute atomic E-state index is 0.112. The van der Waals surface area contributed by atoms with Crippen LogP contribution in [0.25, 0.3) is 22.4 Å². The number of hydrogen-bond acceptors (Lipinski definition) is 7. The Morgan fingerprint density at radius 1 is 1.26 bits per heavy atom. The largest absolute Gasteiger partial charge is 0.356 e. The first-order chi connectivity index (χ1) is 15.0. The topological polar surface area (TPSA) is 121 Å². The number of halogens is 1. The Labute approximate surface area is 181 Å². The van der Waals surface area contributed by atoms with E-state index in [1.165, 1.54) is 17.1 Å². The third kappa shape index (κ3) is 4.80. The zero-order valence-electron chi connectivity index (χ0n) is 16.8. The van der Waals surface area contributed by atoms with Crippen LogP contribution in [0.3, 0.4) is 0 Å². The minimum atomic E-state index is -0.337. The van der Waals surface area contributed by atoms with Crippen molar-refractivity contribution in [3.63, 3.8) is 0 Å². The van der Waals surface area contributed by atoms with Gasteiger partial charge in [0.2, 0.25) is 5.91 Å². The number of amides is 1. The molecule has 31 heavy (non-hydrogen) atoms. The molecule has 0 saturated heterocycles. The molecule has 4 rings (SSSR count). The molecule has 0 aliphatic carbocycles. The Balaban J connectivity index is 1.27. The number of carbonyl (C=O) groups is 1. The highest BCUT2D eigenvalue weighted by Crippen LogP contribution is 2.19. The van der Waals surface area contributed by atoms with E-state index in [1.807, 2.05) is 22.9 Å². The van der Waals surface area contributed by atoms with Crippen LogP contribution in [-0.2, 0) is 17.9 Å². The number of nitrogens with zero attached hydrogens (tertiary/aromatic N) is 6. The molecule has 1 N–H and O–H groups in total. The summed E-state index contributed by atoms with van der Waals surface area (Å²) in [6, 6.07) is 5.63. The van der Waals surface area contributed by atoms with Gasteiger partial charge in [0.15, 0.2) is 5.82 Å². The van der Waals surface area contributed by atoms with Crippen molar-refractivity contribution in [2.75, 3.05) is 6.54 Å². The Morgan fingerprint density at radius 3 is 2.94 bits per heavy atom. The third-order valence-corrected chi connectivity index (χ3v) is 4.95. The van der Waals surface area contributed by atoms with Gasteiger partial charge in [0.05, 0.1) is 18.0 Å². The first kappa shape index (κ1) is 20.7. The van der Waals surface area contributed by atoms with E-state index in [9.17, 15) is 9.59 Å². The van der Waals surface area contributed by atoms with E-state index in [2.05, 4.69) is 25.5 Å². The highest BCUT2D eigenvalue weighted by molar-refractivity contribution is 6.31. The van der Waals surface area contributed by atoms with Crippen molar-refractivity contribution in [3.05, 3.63) is 58.1 Å². The number of benzene rings is 1. The van der Waals surface area contributed by atoms with Crippen LogP contribution in [0.2, 0.25) is 5.02 Å². The van der Waals surface area contributed by atoms with Crippen molar-refractivity contribution in [2.24, 2.45) is 0 Å². The third-order valence-electron chi connectivity index (χ3n) is 4.71. The lowest BCUT2D eigenvalue weighted by molar-refractivity contribution is -0.121. The molecule has 0 atom stereocenters. The average Bonchev–Trinajstić information content (AvgIpc) is 3.36. The quantitative estimate of drug-likeness (QED) is 0.416. The van der Waals surface area contributed by atoms with Gasteiger partial charge in [0.1, 0.15) is 5.56 Å². The fourth-order valence-electron chi connectivity index (χ4n) is 3.15. The van der Waals surface area contributed by atoms with Gasteiger partial charge in [-0.2, -0.15) is 10.1 Å². The molecule has 0 aliphatic heterocycles. The van der Waals surface area contributed by atoms with E-state index >= 15 is 0 Å². The fraction of sp³-hybridized carbons (Fsp3) is 0.300. The molecule has 4 aromatic rings. The van der Waals surface area contributed by atoms with Crippen molar-refractivity contribution in [2.45, 2.75) is 32.9 Å². The van der Waals surface area contributed by atoms with Crippen LogP contribution in [-0.4, -0.2) is 41.9 Å². The Hall–Kier alpha value is -3.53. The summed E-state index contributed by atoms with van der Waals surface area (Å²) >= 11 is 6.05. The summed E-state index contributed by atoms with van der Waals surface area (Å²) in [7, 11) is 0. The Kier molecular flexibility index (Phi) is 6.08. The number of hydrogen-bond donors (Lipinski definition) is 1. The molecule has 0 unspecified atom stereocenters. The summed E-state index contributed by atoms with van der Waals surface area (Å²) in [6.45, 7) is 3.01. The molecule has 1 aromatic carbocycles. The lowest BCUT2D eigenvalue weighted by Gasteiger charge is -2.08. The maximum atomic E-state index is 12.6. The van der Waals surface area contributed by atoms with Gasteiger partial charge in [-0.25, -0.2) is 4.98 Å². The molecule has 3 aromatic heterocycles. The molecule has 160 valence electrons. The number of nitrogens with one attached hydrogen (secondary N) is 1. The molecule has 10 nitrogen and oxygen atoms in total. The summed E-state index contributed by atoms with van der Waals surface area (Å²) in [4.78, 5) is 32.8. The molecule has 0 bridgehead atoms. The SMILES string of the molecule is Cc1noc(-c2cncn(CCC(=O)NCCCn3ncc4ccc(Cl)cc43)c2=O)n1. The summed E-state index contributed by atoms with van der Waals surface area (Å²) in [5.74, 6) is 0.385. The summed E-state index contributed by atoms with van der Waals surface area (Å²) < 4.78 is 8.25. The second-order valence-corrected chi connectivity index (χ2v) is 7.41. The van der Waals surface area contributed by atoms with Crippen LogP contribution in [0.4, 0.5) is 0 Å². The van der Waals surface area contributed by atoms with Crippen LogP contribution in [0, 0.1) is 6.92 Å². The first-order valence-electron chi connectivity index (χ1n) is 9.74. The van der Waals surface area contributed by atoms with Crippen LogP contribution in [0.1, 0.15) is 18.7 Å². The number of aromatic nitrogens is 6. The molecule has 0 radical (unpaired) electrons. The fourth-order valence-corrected chi connectivity index (χ4v) is 3.32. The summed E-state index contributed by atoms with van der Waals surface area (Å²) in [5.41, 5.74) is 0.827. The molecule has 0 saturated carbocycles. The lowest BCUT2D eigenvalue weighted by atomic mass is 10.2. The minimum Gasteiger partial charge on any atom is -0.356 e. The molecule has 0 aliphatic rings. The number of aryl methyl sites for hydroxylation is 3. The van der Waals surface area contributed by atoms with Gasteiger partial charge in [-0.3, -0.25) is 18.8 Å². The first-order valence-corrected chi connectivity index (χ1v) is 10.1. The van der Waals surface area contributed by atoms with Crippen molar-refractivity contribution in [1.82, 2.24) is 34.8 Å². The molecule has 0 fully saturated rings. The zero-order chi connectivity index (χ0) is 21.8. The van der Waals surface area contributed by atoms with Gasteiger partial charge in [-0.05, 0) is 31.5 Å².